The number of nitrogens with one attached hydrogen (secondary N) is 3. The molecule has 21 heavy (non-hydrogen) atoms. The second-order valence-corrected chi connectivity index (χ2v) is 4.40. The topological polar surface area (TPSA) is 49.0 Å². The van der Waals surface area contributed by atoms with Crippen LogP contribution in [0.1, 0.15) is 24.2 Å². The molecule has 7 heteroatoms. The fourth-order valence-corrected chi connectivity index (χ4v) is 1.72. The van der Waals surface area contributed by atoms with E-state index in [9.17, 15) is 13.2 Å². The average Bonchev–Trinajstić information content (AvgIpc) is 2.46. The van der Waals surface area contributed by atoms with Crippen LogP contribution in [0.3, 0.4) is 0 Å². The van der Waals surface area contributed by atoms with Gasteiger partial charge in [-0.1, -0.05) is 6.92 Å². The summed E-state index contributed by atoms with van der Waals surface area (Å²) in [6.45, 7) is 4.49. The molecule has 0 radical (unpaired) electrons. The van der Waals surface area contributed by atoms with E-state index in [1.54, 1.807) is 19.3 Å². The van der Waals surface area contributed by atoms with E-state index < -0.39 is 11.7 Å². The summed E-state index contributed by atoms with van der Waals surface area (Å²) in [5, 5.41) is 9.15. The molecule has 0 amide bonds. The maximum absolute atomic E-state index is 12.7. The first-order chi connectivity index (χ1) is 9.99. The number of alkyl halides is 3. The van der Waals surface area contributed by atoms with Gasteiger partial charge in [0.25, 0.3) is 0 Å². The monoisotopic (exact) mass is 302 g/mol. The zero-order valence-electron chi connectivity index (χ0n) is 12.2. The number of aromatic nitrogens is 1. The van der Waals surface area contributed by atoms with E-state index in [0.717, 1.165) is 31.8 Å². The standard InChI is InChI=1S/C14H21F3N4/c1-3-19-8-9-20-6-5-12(18-2)13-10-11(4-7-21-13)14(15,16)17/h4-7,10,12,18-20H,3,8-9H2,1-2H3/b6-5-. The molecule has 1 aromatic heterocycles. The lowest BCUT2D eigenvalue weighted by Crippen LogP contribution is -2.24. The van der Waals surface area contributed by atoms with Gasteiger partial charge >= 0.3 is 6.18 Å². The van der Waals surface area contributed by atoms with Gasteiger partial charge in [0.05, 0.1) is 17.3 Å². The van der Waals surface area contributed by atoms with Gasteiger partial charge in [0.15, 0.2) is 0 Å². The Labute approximate surface area is 122 Å². The van der Waals surface area contributed by atoms with E-state index in [-0.39, 0.29) is 6.04 Å². The quantitative estimate of drug-likeness (QED) is 0.644. The van der Waals surface area contributed by atoms with Gasteiger partial charge in [-0.05, 0) is 38.0 Å². The van der Waals surface area contributed by atoms with E-state index in [2.05, 4.69) is 20.9 Å². The Morgan fingerprint density at radius 2 is 2.10 bits per heavy atom. The van der Waals surface area contributed by atoms with Crippen molar-refractivity contribution in [3.05, 3.63) is 41.9 Å². The van der Waals surface area contributed by atoms with Crippen molar-refractivity contribution in [2.75, 3.05) is 26.7 Å². The van der Waals surface area contributed by atoms with Gasteiger partial charge in [-0.25, -0.2) is 0 Å². The van der Waals surface area contributed by atoms with Crippen LogP contribution in [0.4, 0.5) is 13.2 Å². The summed E-state index contributed by atoms with van der Waals surface area (Å²) in [6, 6.07) is 1.65. The summed E-state index contributed by atoms with van der Waals surface area (Å²) in [4.78, 5) is 4.00. The van der Waals surface area contributed by atoms with Crippen LogP contribution < -0.4 is 16.0 Å². The normalized spacial score (nSPS) is 13.6. The molecule has 0 bridgehead atoms. The minimum atomic E-state index is -4.36. The molecule has 1 atom stereocenters. The number of hydrogen-bond donors (Lipinski definition) is 3. The summed E-state index contributed by atoms with van der Waals surface area (Å²) in [5.41, 5.74) is -0.363. The third-order valence-corrected chi connectivity index (χ3v) is 2.84. The van der Waals surface area contributed by atoms with Crippen LogP contribution in [0.2, 0.25) is 0 Å². The highest BCUT2D eigenvalue weighted by atomic mass is 19.4. The first kappa shape index (κ1) is 17.5. The fraction of sp³-hybridized carbons (Fsp3) is 0.500. The highest BCUT2D eigenvalue weighted by Gasteiger charge is 2.31. The van der Waals surface area contributed by atoms with Gasteiger partial charge in [-0.2, -0.15) is 13.2 Å². The molecule has 0 saturated carbocycles. The lowest BCUT2D eigenvalue weighted by atomic mass is 10.1. The largest absolute Gasteiger partial charge is 0.416 e. The Morgan fingerprint density at radius 1 is 1.33 bits per heavy atom. The number of nitrogens with zero attached hydrogens (tertiary/aromatic N) is 1. The van der Waals surface area contributed by atoms with Gasteiger partial charge in [0, 0.05) is 19.3 Å². The van der Waals surface area contributed by atoms with Crippen LogP contribution in [0.25, 0.3) is 0 Å². The number of pyridine rings is 1. The molecule has 0 saturated heterocycles. The number of rotatable bonds is 8. The van der Waals surface area contributed by atoms with E-state index in [0.29, 0.717) is 5.69 Å². The van der Waals surface area contributed by atoms with Gasteiger partial charge in [0.1, 0.15) is 0 Å². The lowest BCUT2D eigenvalue weighted by molar-refractivity contribution is -0.137. The van der Waals surface area contributed by atoms with E-state index >= 15 is 0 Å². The average molecular weight is 302 g/mol. The van der Waals surface area contributed by atoms with Gasteiger partial charge < -0.3 is 16.0 Å². The fourth-order valence-electron chi connectivity index (χ4n) is 1.72. The molecule has 118 valence electrons. The molecular weight excluding hydrogens is 281 g/mol. The molecule has 0 fully saturated rings. The molecule has 0 aliphatic heterocycles. The van der Waals surface area contributed by atoms with Crippen molar-refractivity contribution in [1.82, 2.24) is 20.9 Å². The maximum Gasteiger partial charge on any atom is 0.416 e. The Balaban J connectivity index is 2.65. The number of halogens is 3. The number of hydrogen-bond acceptors (Lipinski definition) is 4. The smallest absolute Gasteiger partial charge is 0.390 e. The zero-order chi connectivity index (χ0) is 15.7. The van der Waals surface area contributed by atoms with Crippen LogP contribution >= 0.6 is 0 Å². The Morgan fingerprint density at radius 3 is 2.71 bits per heavy atom. The molecule has 0 spiro atoms. The lowest BCUT2D eigenvalue weighted by Gasteiger charge is -2.14. The van der Waals surface area contributed by atoms with Crippen molar-refractivity contribution >= 4 is 0 Å². The first-order valence-corrected chi connectivity index (χ1v) is 6.80. The van der Waals surface area contributed by atoms with E-state index in [1.165, 1.54) is 6.20 Å². The van der Waals surface area contributed by atoms with Crippen molar-refractivity contribution in [2.45, 2.75) is 19.1 Å². The molecule has 1 unspecified atom stereocenters. The van der Waals surface area contributed by atoms with Crippen molar-refractivity contribution in [3.8, 4) is 0 Å². The van der Waals surface area contributed by atoms with Crippen molar-refractivity contribution in [1.29, 1.82) is 0 Å². The minimum absolute atomic E-state index is 0.331. The molecule has 0 aliphatic carbocycles. The summed E-state index contributed by atoms with van der Waals surface area (Å²) < 4.78 is 38.0. The Hall–Kier alpha value is -1.60. The minimum Gasteiger partial charge on any atom is -0.390 e. The second kappa shape index (κ2) is 8.63. The molecule has 4 nitrogen and oxygen atoms in total. The molecule has 1 rings (SSSR count). The Kier molecular flexibility index (Phi) is 7.18. The SMILES string of the molecule is CCNCCN/C=C\C(NC)c1cc(C(F)(F)F)ccn1. The number of likely N-dealkylation sites (N-methyl/N-ethyl adjacent to an activating group) is 2. The van der Waals surface area contributed by atoms with Crippen LogP contribution in [0, 0.1) is 0 Å². The van der Waals surface area contributed by atoms with E-state index in [1.807, 2.05) is 6.92 Å². The third kappa shape index (κ3) is 6.14. The van der Waals surface area contributed by atoms with Crippen LogP contribution in [-0.4, -0.2) is 31.7 Å². The summed E-state index contributed by atoms with van der Waals surface area (Å²) in [5.74, 6) is 0. The molecule has 1 aromatic rings. The second-order valence-electron chi connectivity index (χ2n) is 4.40. The molecule has 1 heterocycles. The highest BCUT2D eigenvalue weighted by Crippen LogP contribution is 2.30. The molecular formula is C14H21F3N4. The summed E-state index contributed by atoms with van der Waals surface area (Å²) in [6.07, 6.45) is 0.285. The molecule has 0 aliphatic rings. The van der Waals surface area contributed by atoms with Crippen molar-refractivity contribution in [3.63, 3.8) is 0 Å². The van der Waals surface area contributed by atoms with Crippen LogP contribution in [0.5, 0.6) is 0 Å². The third-order valence-electron chi connectivity index (χ3n) is 2.84. The zero-order valence-corrected chi connectivity index (χ0v) is 12.2. The van der Waals surface area contributed by atoms with Crippen LogP contribution in [0.15, 0.2) is 30.6 Å². The van der Waals surface area contributed by atoms with Gasteiger partial charge in [0.2, 0.25) is 0 Å². The maximum atomic E-state index is 12.7. The van der Waals surface area contributed by atoms with Crippen molar-refractivity contribution < 1.29 is 13.2 Å². The first-order valence-electron chi connectivity index (χ1n) is 6.80. The molecule has 3 N–H and O–H groups in total. The predicted octanol–water partition coefficient (Wildman–Crippen LogP) is 2.07. The van der Waals surface area contributed by atoms with Crippen LogP contribution in [-0.2, 0) is 6.18 Å². The predicted molar refractivity (Wildman–Crippen MR) is 76.7 cm³/mol. The molecule has 0 aromatic carbocycles. The summed E-state index contributed by atoms with van der Waals surface area (Å²) >= 11 is 0. The van der Waals surface area contributed by atoms with Gasteiger partial charge in [-0.3, -0.25) is 4.98 Å². The Bertz CT molecular complexity index is 446. The van der Waals surface area contributed by atoms with Crippen molar-refractivity contribution in [2.24, 2.45) is 0 Å². The summed E-state index contributed by atoms with van der Waals surface area (Å²) in [7, 11) is 1.68. The highest BCUT2D eigenvalue weighted by molar-refractivity contribution is 5.23. The van der Waals surface area contributed by atoms with E-state index in [4.69, 9.17) is 0 Å². The van der Waals surface area contributed by atoms with Gasteiger partial charge in [-0.15, -0.1) is 0 Å².